The van der Waals surface area contributed by atoms with E-state index in [1.165, 1.54) is 29.2 Å². The van der Waals surface area contributed by atoms with Crippen LogP contribution in [0.1, 0.15) is 28.3 Å². The molecule has 1 saturated heterocycles. The number of halogens is 1. The molecule has 244 valence electrons. The largest absolute Gasteiger partial charge is 0.483 e. The highest BCUT2D eigenvalue weighted by Gasteiger charge is 2.70. The summed E-state index contributed by atoms with van der Waals surface area (Å²) in [7, 11) is 0. The van der Waals surface area contributed by atoms with Gasteiger partial charge in [-0.3, -0.25) is 34.2 Å². The summed E-state index contributed by atoms with van der Waals surface area (Å²) in [5.74, 6) is -2.40. The van der Waals surface area contributed by atoms with E-state index in [1.807, 2.05) is 31.2 Å². The number of aromatic amines is 1. The minimum Gasteiger partial charge on any atom is -0.483 e. The third-order valence-corrected chi connectivity index (χ3v) is 13.0. The fourth-order valence-electron chi connectivity index (χ4n) is 8.28. The zero-order valence-corrected chi connectivity index (χ0v) is 27.6. The Bertz CT molecular complexity index is 2080. The molecule has 2 aliphatic carbocycles. The average molecular weight is 703 g/mol. The molecule has 48 heavy (non-hydrogen) atoms. The van der Waals surface area contributed by atoms with Crippen LogP contribution in [0.2, 0.25) is 5.02 Å². The number of nitro benzene ring substituents is 1. The summed E-state index contributed by atoms with van der Waals surface area (Å²) in [6.45, 7) is 1.64. The molecule has 4 unspecified atom stereocenters. The minimum absolute atomic E-state index is 0.0799. The lowest BCUT2D eigenvalue weighted by atomic mass is 9.68. The number of carbonyl (C=O) groups is 3. The number of thiazole rings is 1. The molecule has 3 amide bonds. The van der Waals surface area contributed by atoms with Gasteiger partial charge in [0.05, 0.1) is 27.5 Å². The number of H-pyrrole nitrogens is 1. The van der Waals surface area contributed by atoms with Crippen LogP contribution >= 0.6 is 34.7 Å². The number of nitrogens with one attached hydrogen (secondary N) is 2. The van der Waals surface area contributed by atoms with Crippen molar-refractivity contribution in [3.8, 4) is 5.75 Å². The molecule has 11 nitrogen and oxygen atoms in total. The number of hydrogen-bond acceptors (Lipinski definition) is 9. The molecule has 0 radical (unpaired) electrons. The van der Waals surface area contributed by atoms with Gasteiger partial charge in [0.1, 0.15) is 5.75 Å². The monoisotopic (exact) mass is 702 g/mol. The number of non-ortho nitro benzene ring substituents is 1. The number of anilines is 2. The summed E-state index contributed by atoms with van der Waals surface area (Å²) in [6.07, 6.45) is 0.675. The van der Waals surface area contributed by atoms with Crippen LogP contribution in [-0.2, 0) is 14.4 Å². The molecule has 0 spiro atoms. The maximum absolute atomic E-state index is 14.1. The van der Waals surface area contributed by atoms with Gasteiger partial charge in [0.2, 0.25) is 11.8 Å². The highest BCUT2D eigenvalue weighted by atomic mass is 35.5. The molecule has 2 saturated carbocycles. The second kappa shape index (κ2) is 11.6. The number of carbonyl (C=O) groups excluding carboxylic acids is 3. The van der Waals surface area contributed by atoms with Crippen LogP contribution in [0, 0.1) is 46.6 Å². The van der Waals surface area contributed by atoms with Gasteiger partial charge in [0.15, 0.2) is 6.61 Å². The lowest BCUT2D eigenvalue weighted by Gasteiger charge is -2.43. The maximum atomic E-state index is 14.1. The molecule has 2 N–H and O–H groups in total. The van der Waals surface area contributed by atoms with Gasteiger partial charge in [0.25, 0.3) is 11.6 Å². The SMILES string of the molecule is Cc1ccccc1NC(=O)COc1ccc(Cl)cc1[C@H]1c2sc(=O)[nH]c2SC2C1[C@H]1C[C@@H]2C2C(=O)N(c3ccc([N+](=O)[O-])cc3)C(=O)C21. The highest BCUT2D eigenvalue weighted by Crippen LogP contribution is 2.69. The van der Waals surface area contributed by atoms with Gasteiger partial charge in [0, 0.05) is 44.5 Å². The van der Waals surface area contributed by atoms with Gasteiger partial charge in [-0.05, 0) is 73.1 Å². The van der Waals surface area contributed by atoms with Gasteiger partial charge in [-0.15, -0.1) is 11.8 Å². The number of nitrogens with zero attached hydrogens (tertiary/aromatic N) is 2. The lowest BCUT2D eigenvalue weighted by molar-refractivity contribution is -0.384. The van der Waals surface area contributed by atoms with Crippen LogP contribution in [-0.4, -0.2) is 39.5 Å². The topological polar surface area (TPSA) is 152 Å². The van der Waals surface area contributed by atoms with Crippen molar-refractivity contribution in [2.45, 2.75) is 29.5 Å². The summed E-state index contributed by atoms with van der Waals surface area (Å²) in [5, 5.41) is 15.2. The van der Waals surface area contributed by atoms with E-state index >= 15 is 0 Å². The summed E-state index contributed by atoms with van der Waals surface area (Å²) >= 11 is 9.24. The number of benzene rings is 3. The normalized spacial score (nSPS) is 26.6. The van der Waals surface area contributed by atoms with Crippen molar-refractivity contribution in [1.82, 2.24) is 4.98 Å². The Kier molecular flexibility index (Phi) is 7.46. The van der Waals surface area contributed by atoms with Crippen LogP contribution in [0.15, 0.2) is 76.6 Å². The summed E-state index contributed by atoms with van der Waals surface area (Å²) in [6, 6.07) is 18.1. The number of hydrogen-bond donors (Lipinski definition) is 2. The number of rotatable bonds is 7. The van der Waals surface area contributed by atoms with Crippen molar-refractivity contribution in [3.05, 3.63) is 108 Å². The van der Waals surface area contributed by atoms with Crippen molar-refractivity contribution in [3.63, 3.8) is 0 Å². The molecule has 3 heterocycles. The summed E-state index contributed by atoms with van der Waals surface area (Å²) in [5.41, 5.74) is 2.50. The van der Waals surface area contributed by atoms with Gasteiger partial charge in [-0.25, -0.2) is 0 Å². The van der Waals surface area contributed by atoms with Crippen molar-refractivity contribution >= 4 is 69.5 Å². The van der Waals surface area contributed by atoms with Gasteiger partial charge in [-0.2, -0.15) is 0 Å². The van der Waals surface area contributed by atoms with E-state index in [2.05, 4.69) is 10.3 Å². The zero-order valence-electron chi connectivity index (χ0n) is 25.3. The molecule has 3 aromatic carbocycles. The second-order valence-electron chi connectivity index (χ2n) is 12.6. The third kappa shape index (κ3) is 4.86. The summed E-state index contributed by atoms with van der Waals surface area (Å²) in [4.78, 5) is 69.1. The Morgan fingerprint density at radius 1 is 1.06 bits per heavy atom. The van der Waals surface area contributed by atoms with Crippen molar-refractivity contribution in [1.29, 1.82) is 0 Å². The van der Waals surface area contributed by atoms with Crippen LogP contribution in [0.5, 0.6) is 5.75 Å². The quantitative estimate of drug-likeness (QED) is 0.135. The molecule has 7 atom stereocenters. The molecule has 4 aliphatic rings. The number of ether oxygens (including phenoxy) is 1. The Hall–Kier alpha value is -4.46. The molecule has 4 aromatic rings. The summed E-state index contributed by atoms with van der Waals surface area (Å²) < 4.78 is 6.16. The first-order valence-electron chi connectivity index (χ1n) is 15.4. The first-order valence-corrected chi connectivity index (χ1v) is 17.5. The van der Waals surface area contributed by atoms with E-state index in [4.69, 9.17) is 16.3 Å². The Morgan fingerprint density at radius 3 is 2.52 bits per heavy atom. The fraction of sp³-hybridized carbons (Fsp3) is 0.294. The average Bonchev–Trinajstić information content (AvgIpc) is 3.80. The van der Waals surface area contributed by atoms with Crippen LogP contribution < -0.4 is 19.8 Å². The third-order valence-electron chi connectivity index (χ3n) is 10.1. The Balaban J connectivity index is 1.13. The number of para-hydroxylation sites is 1. The van der Waals surface area contributed by atoms with Crippen LogP contribution in [0.3, 0.4) is 0 Å². The standard InChI is InChI=1S/C34H27ClN4O7S2/c1-15-4-2-3-5-22(15)36-24(40)14-46-23-11-6-16(35)12-19(23)25-26-20-13-21(29(26)47-31-30(25)48-34(43)37-31)28-27(20)32(41)38(33(28)42)17-7-9-18(10-8-17)39(44)45/h2-12,20-21,25-29H,13-14H2,1H3,(H,36,40)(H,37,43)/t20-,21-,25-,26?,27?,28?,29?/m1/s1. The lowest BCUT2D eigenvalue weighted by Crippen LogP contribution is -2.42. The van der Waals surface area contributed by atoms with E-state index in [1.54, 1.807) is 30.0 Å². The van der Waals surface area contributed by atoms with E-state index < -0.39 is 16.8 Å². The second-order valence-corrected chi connectivity index (χ2v) is 15.2. The predicted octanol–water partition coefficient (Wildman–Crippen LogP) is 6.00. The van der Waals surface area contributed by atoms with E-state index in [0.717, 1.165) is 26.8 Å². The fourth-order valence-corrected chi connectivity index (χ4v) is 11.3. The Labute approximate surface area is 286 Å². The number of aromatic nitrogens is 1. The first kappa shape index (κ1) is 30.8. The first-order chi connectivity index (χ1) is 23.1. The minimum atomic E-state index is -0.567. The number of nitro groups is 1. The van der Waals surface area contributed by atoms with E-state index in [9.17, 15) is 29.3 Å². The number of imide groups is 1. The number of aryl methyl sites for hydroxylation is 1. The molecule has 8 rings (SSSR count). The Morgan fingerprint density at radius 2 is 1.79 bits per heavy atom. The van der Waals surface area contributed by atoms with E-state index in [-0.39, 0.29) is 63.8 Å². The molecule has 1 aromatic heterocycles. The smallest absolute Gasteiger partial charge is 0.305 e. The maximum Gasteiger partial charge on any atom is 0.305 e. The molecular formula is C34H27ClN4O7S2. The zero-order chi connectivity index (χ0) is 33.4. The molecule has 2 aliphatic heterocycles. The molecular weight excluding hydrogens is 676 g/mol. The molecule has 2 bridgehead atoms. The predicted molar refractivity (Wildman–Crippen MR) is 181 cm³/mol. The van der Waals surface area contributed by atoms with Crippen molar-refractivity contribution in [2.75, 3.05) is 16.8 Å². The van der Waals surface area contributed by atoms with Gasteiger partial charge in [-0.1, -0.05) is 41.1 Å². The highest BCUT2D eigenvalue weighted by molar-refractivity contribution is 8.00. The van der Waals surface area contributed by atoms with Gasteiger partial charge >= 0.3 is 4.87 Å². The van der Waals surface area contributed by atoms with Crippen LogP contribution in [0.25, 0.3) is 0 Å². The van der Waals surface area contributed by atoms with E-state index in [0.29, 0.717) is 34.1 Å². The number of amides is 3. The van der Waals surface area contributed by atoms with Crippen molar-refractivity contribution in [2.24, 2.45) is 29.6 Å². The molecule has 3 fully saturated rings. The molecule has 14 heteroatoms. The van der Waals surface area contributed by atoms with Crippen molar-refractivity contribution < 1.29 is 24.0 Å². The van der Waals surface area contributed by atoms with Gasteiger partial charge < -0.3 is 15.0 Å². The number of fused-ring (bicyclic) bond motifs is 9. The van der Waals surface area contributed by atoms with Crippen LogP contribution in [0.4, 0.5) is 17.1 Å². The number of thioether (sulfide) groups is 1.